The van der Waals surface area contributed by atoms with Crippen molar-refractivity contribution >= 4 is 32.7 Å². The van der Waals surface area contributed by atoms with Crippen LogP contribution in [0.15, 0.2) is 24.5 Å². The van der Waals surface area contributed by atoms with Crippen LogP contribution in [0.4, 0.5) is 18.9 Å². The lowest BCUT2D eigenvalue weighted by Crippen LogP contribution is -2.30. The summed E-state index contributed by atoms with van der Waals surface area (Å²) < 4.78 is 67.2. The minimum atomic E-state index is -4.36. The summed E-state index contributed by atoms with van der Waals surface area (Å²) in [6.45, 7) is -1.34. The number of nitrogens with one attached hydrogen (secondary N) is 1. The number of halogens is 3. The largest absolute Gasteiger partial charge is 0.506 e. The quantitative estimate of drug-likeness (QED) is 0.628. The first-order chi connectivity index (χ1) is 13.7. The standard InChI is InChI=1S/C15H11F3N6O4S/c16-12(17)5-23-4-7(3-19-23)9-1-8-10(21-20-9)2-11(25)15(14(8)18)24-6-13(26)22-29(24,27)28/h1-4,12,25H,5-6H2,(H,22,26). The number of phenols is 1. The van der Waals surface area contributed by atoms with Crippen molar-refractivity contribution in [3.8, 4) is 17.0 Å². The second-order valence-corrected chi connectivity index (χ2v) is 7.69. The Hall–Kier alpha value is -3.42. The Balaban J connectivity index is 1.83. The van der Waals surface area contributed by atoms with Gasteiger partial charge in [-0.3, -0.25) is 9.48 Å². The highest BCUT2D eigenvalue weighted by Gasteiger charge is 2.38. The maximum absolute atomic E-state index is 15.1. The first-order valence-electron chi connectivity index (χ1n) is 7.99. The molecule has 0 aliphatic carbocycles. The molecule has 1 amide bonds. The average Bonchev–Trinajstić information content (AvgIpc) is 3.18. The van der Waals surface area contributed by atoms with Crippen molar-refractivity contribution in [2.45, 2.75) is 13.0 Å². The second kappa shape index (κ2) is 6.58. The van der Waals surface area contributed by atoms with Crippen molar-refractivity contribution in [1.82, 2.24) is 24.7 Å². The molecule has 3 heterocycles. The van der Waals surface area contributed by atoms with E-state index in [1.54, 1.807) is 4.72 Å². The number of aromatic hydroxyl groups is 1. The van der Waals surface area contributed by atoms with Crippen LogP contribution in [-0.4, -0.2) is 52.4 Å². The van der Waals surface area contributed by atoms with Crippen molar-refractivity contribution < 1.29 is 31.5 Å². The zero-order valence-corrected chi connectivity index (χ0v) is 15.1. The van der Waals surface area contributed by atoms with Gasteiger partial charge in [-0.15, -0.1) is 10.2 Å². The molecule has 0 bridgehead atoms. The van der Waals surface area contributed by atoms with Crippen LogP contribution in [0.5, 0.6) is 5.75 Å². The van der Waals surface area contributed by atoms with Crippen LogP contribution in [0.3, 0.4) is 0 Å². The smallest absolute Gasteiger partial charge is 0.326 e. The van der Waals surface area contributed by atoms with Crippen molar-refractivity contribution in [2.24, 2.45) is 0 Å². The molecule has 2 N–H and O–H groups in total. The highest BCUT2D eigenvalue weighted by Crippen LogP contribution is 2.38. The monoisotopic (exact) mass is 428 g/mol. The Bertz CT molecular complexity index is 1250. The lowest BCUT2D eigenvalue weighted by Gasteiger charge is -2.17. The first kappa shape index (κ1) is 18.9. The summed E-state index contributed by atoms with van der Waals surface area (Å²) in [7, 11) is -4.36. The molecule has 1 aromatic carbocycles. The fourth-order valence-electron chi connectivity index (χ4n) is 2.88. The SMILES string of the molecule is O=C1CN(c2c(O)cc3nnc(-c4cnn(CC(F)F)c4)cc3c2F)S(=O)(=O)N1. The molecule has 0 radical (unpaired) electrons. The number of nitrogens with zero attached hydrogens (tertiary/aromatic N) is 5. The van der Waals surface area contributed by atoms with Crippen LogP contribution < -0.4 is 9.03 Å². The van der Waals surface area contributed by atoms with Gasteiger partial charge in [0.15, 0.2) is 5.82 Å². The number of rotatable bonds is 4. The predicted molar refractivity (Wildman–Crippen MR) is 92.8 cm³/mol. The molecule has 2 aromatic heterocycles. The van der Waals surface area contributed by atoms with Crippen LogP contribution in [0.2, 0.25) is 0 Å². The van der Waals surface area contributed by atoms with E-state index in [2.05, 4.69) is 15.3 Å². The van der Waals surface area contributed by atoms with E-state index in [4.69, 9.17) is 0 Å². The first-order valence-corrected chi connectivity index (χ1v) is 9.43. The molecule has 0 atom stereocenters. The van der Waals surface area contributed by atoms with Gasteiger partial charge in [0.25, 0.3) is 12.3 Å². The van der Waals surface area contributed by atoms with Gasteiger partial charge in [0.1, 0.15) is 24.5 Å². The van der Waals surface area contributed by atoms with Crippen molar-refractivity contribution in [2.75, 3.05) is 10.8 Å². The number of alkyl halides is 2. The summed E-state index contributed by atoms with van der Waals surface area (Å²) in [4.78, 5) is 11.4. The number of hydrogen-bond acceptors (Lipinski definition) is 7. The summed E-state index contributed by atoms with van der Waals surface area (Å²) in [5.41, 5.74) is -0.432. The average molecular weight is 428 g/mol. The molecule has 3 aromatic rings. The molecule has 152 valence electrons. The van der Waals surface area contributed by atoms with Crippen molar-refractivity contribution in [3.05, 3.63) is 30.3 Å². The lowest BCUT2D eigenvalue weighted by atomic mass is 10.1. The van der Waals surface area contributed by atoms with Crippen LogP contribution in [0.1, 0.15) is 0 Å². The molecule has 0 spiro atoms. The maximum Gasteiger partial charge on any atom is 0.326 e. The van der Waals surface area contributed by atoms with Crippen LogP contribution in [0.25, 0.3) is 22.2 Å². The Morgan fingerprint density at radius 1 is 1.28 bits per heavy atom. The normalized spacial score (nSPS) is 16.0. The molecule has 1 aliphatic heterocycles. The van der Waals surface area contributed by atoms with Gasteiger partial charge in [-0.25, -0.2) is 22.2 Å². The van der Waals surface area contributed by atoms with Crippen molar-refractivity contribution in [3.63, 3.8) is 0 Å². The van der Waals surface area contributed by atoms with Gasteiger partial charge in [-0.2, -0.15) is 13.5 Å². The maximum atomic E-state index is 15.1. The van der Waals surface area contributed by atoms with Gasteiger partial charge >= 0.3 is 10.2 Å². The van der Waals surface area contributed by atoms with Crippen LogP contribution in [0, 0.1) is 5.82 Å². The number of fused-ring (bicyclic) bond motifs is 1. The number of amides is 1. The molecule has 14 heteroatoms. The summed E-state index contributed by atoms with van der Waals surface area (Å²) in [5.74, 6) is -2.78. The molecule has 29 heavy (non-hydrogen) atoms. The van der Waals surface area contributed by atoms with E-state index in [9.17, 15) is 27.1 Å². The van der Waals surface area contributed by atoms with Gasteiger partial charge in [0.05, 0.1) is 17.4 Å². The minimum Gasteiger partial charge on any atom is -0.506 e. The second-order valence-electron chi connectivity index (χ2n) is 6.10. The highest BCUT2D eigenvalue weighted by atomic mass is 32.2. The third kappa shape index (κ3) is 3.30. The third-order valence-corrected chi connectivity index (χ3v) is 5.48. The number of aromatic nitrogens is 4. The Morgan fingerprint density at radius 3 is 2.69 bits per heavy atom. The van der Waals surface area contributed by atoms with Crippen LogP contribution in [-0.2, 0) is 21.5 Å². The highest BCUT2D eigenvalue weighted by molar-refractivity contribution is 7.92. The molecule has 4 rings (SSSR count). The number of anilines is 1. The molecule has 0 unspecified atom stereocenters. The van der Waals surface area contributed by atoms with Gasteiger partial charge in [-0.1, -0.05) is 0 Å². The van der Waals surface area contributed by atoms with E-state index in [1.807, 2.05) is 0 Å². The van der Waals surface area contributed by atoms with E-state index in [1.165, 1.54) is 18.5 Å². The van der Waals surface area contributed by atoms with Crippen LogP contribution >= 0.6 is 0 Å². The molecule has 1 saturated heterocycles. The summed E-state index contributed by atoms with van der Waals surface area (Å²) in [6, 6.07) is 2.21. The number of hydrogen-bond donors (Lipinski definition) is 2. The number of phenolic OH excluding ortho intramolecular Hbond substituents is 1. The zero-order chi connectivity index (χ0) is 20.9. The fraction of sp³-hybridized carbons (Fsp3) is 0.200. The zero-order valence-electron chi connectivity index (χ0n) is 14.3. The molecular formula is C15H11F3N6O4S. The van der Waals surface area contributed by atoms with E-state index < -0.39 is 52.9 Å². The van der Waals surface area contributed by atoms with E-state index >= 15 is 4.39 Å². The van der Waals surface area contributed by atoms with E-state index in [-0.39, 0.29) is 22.2 Å². The Labute approximate surface area is 160 Å². The summed E-state index contributed by atoms with van der Waals surface area (Å²) in [5, 5.41) is 21.3. The van der Waals surface area contributed by atoms with E-state index in [0.717, 1.165) is 10.7 Å². The fourth-order valence-corrected chi connectivity index (χ4v) is 4.05. The predicted octanol–water partition coefficient (Wildman–Crippen LogP) is 0.784. The number of carbonyl (C=O) groups excluding carboxylic acids is 1. The lowest BCUT2D eigenvalue weighted by molar-refractivity contribution is -0.117. The van der Waals surface area contributed by atoms with Crippen molar-refractivity contribution in [1.29, 1.82) is 0 Å². The Kier molecular flexibility index (Phi) is 4.29. The molecule has 0 saturated carbocycles. The number of benzene rings is 1. The number of carbonyl (C=O) groups is 1. The van der Waals surface area contributed by atoms with Gasteiger partial charge in [0, 0.05) is 23.2 Å². The molecule has 1 aliphatic rings. The van der Waals surface area contributed by atoms with Gasteiger partial charge in [-0.05, 0) is 6.07 Å². The molecule has 10 nitrogen and oxygen atoms in total. The van der Waals surface area contributed by atoms with Gasteiger partial charge < -0.3 is 5.11 Å². The topological polar surface area (TPSA) is 130 Å². The molecular weight excluding hydrogens is 417 g/mol. The Morgan fingerprint density at radius 2 is 2.03 bits per heavy atom. The summed E-state index contributed by atoms with van der Waals surface area (Å²) >= 11 is 0. The van der Waals surface area contributed by atoms with E-state index in [0.29, 0.717) is 4.31 Å². The minimum absolute atomic E-state index is 0.0802. The van der Waals surface area contributed by atoms with Gasteiger partial charge in [0.2, 0.25) is 0 Å². The molecule has 1 fully saturated rings. The third-order valence-electron chi connectivity index (χ3n) is 4.11. The summed E-state index contributed by atoms with van der Waals surface area (Å²) in [6.07, 6.45) is -0.105.